The number of carbonyl (C=O) groups excluding carboxylic acids is 2. The molecule has 16 heteroatoms. The molecule has 0 aliphatic carbocycles. The van der Waals surface area contributed by atoms with Crippen LogP contribution in [0.4, 0.5) is 0 Å². The highest BCUT2D eigenvalue weighted by Gasteiger charge is 2.48. The van der Waals surface area contributed by atoms with Gasteiger partial charge in [-0.25, -0.2) is 26.8 Å². The molecule has 0 aromatic heterocycles. The van der Waals surface area contributed by atoms with Crippen LogP contribution in [0.1, 0.15) is 62.2 Å². The number of nitrogens with zero attached hydrogens (tertiary/aromatic N) is 2. The van der Waals surface area contributed by atoms with Crippen LogP contribution in [0.3, 0.4) is 0 Å². The Labute approximate surface area is 345 Å². The number of hydrogen-bond acceptors (Lipinski definition) is 12. The Morgan fingerprint density at radius 2 is 0.949 bits per heavy atom. The van der Waals surface area contributed by atoms with Crippen molar-refractivity contribution in [2.24, 2.45) is 15.4 Å². The number of ether oxygens (including phenoxy) is 4. The molecular formula is C43H48N4O10S2. The van der Waals surface area contributed by atoms with E-state index in [9.17, 15) is 26.4 Å². The first-order valence-corrected chi connectivity index (χ1v) is 22.0. The minimum Gasteiger partial charge on any atom is -0.470 e. The summed E-state index contributed by atoms with van der Waals surface area (Å²) >= 11 is 0. The van der Waals surface area contributed by atoms with E-state index in [-0.39, 0.29) is 34.8 Å². The first-order valence-electron chi connectivity index (χ1n) is 19.1. The molecule has 59 heavy (non-hydrogen) atoms. The third-order valence-corrected chi connectivity index (χ3v) is 13.0. The van der Waals surface area contributed by atoms with E-state index >= 15 is 0 Å². The largest absolute Gasteiger partial charge is 0.470 e. The monoisotopic (exact) mass is 844 g/mol. The molecule has 4 aromatic rings. The SMILES string of the molecule is Cc1ccc(S(=O)(=O)N[C@@H](C)C(=O)OC[C@@H]2N=C(C(C)(C)C3=N[C@@H](COC(=O)[C@H](C)NS(=O)(=O)c4ccc(C)cc4)[C@H](c4ccccc4)O3)O[C@H]2c2ccccc2)cc1. The van der Waals surface area contributed by atoms with Crippen LogP contribution >= 0.6 is 0 Å². The van der Waals surface area contributed by atoms with Crippen molar-refractivity contribution in [2.75, 3.05) is 13.2 Å². The van der Waals surface area contributed by atoms with Crippen molar-refractivity contribution >= 4 is 43.8 Å². The van der Waals surface area contributed by atoms with Crippen LogP contribution in [-0.4, -0.2) is 78.0 Å². The van der Waals surface area contributed by atoms with Gasteiger partial charge < -0.3 is 18.9 Å². The molecule has 2 aliphatic heterocycles. The topological polar surface area (TPSA) is 188 Å². The Bertz CT molecular complexity index is 2240. The maximum absolute atomic E-state index is 13.1. The van der Waals surface area contributed by atoms with E-state index in [2.05, 4.69) is 9.44 Å². The summed E-state index contributed by atoms with van der Waals surface area (Å²) in [4.78, 5) is 36.1. The minimum atomic E-state index is -4.00. The molecule has 0 unspecified atom stereocenters. The average Bonchev–Trinajstić information content (AvgIpc) is 3.86. The van der Waals surface area contributed by atoms with Crippen molar-refractivity contribution in [1.82, 2.24) is 9.44 Å². The number of esters is 2. The number of hydrogen-bond donors (Lipinski definition) is 2. The fourth-order valence-corrected chi connectivity index (χ4v) is 8.82. The van der Waals surface area contributed by atoms with Gasteiger partial charge in [0.15, 0.2) is 24.0 Å². The summed E-state index contributed by atoms with van der Waals surface area (Å²) in [7, 11) is -7.99. The van der Waals surface area contributed by atoms with Gasteiger partial charge in [-0.15, -0.1) is 0 Å². The smallest absolute Gasteiger partial charge is 0.323 e. The molecule has 0 spiro atoms. The van der Waals surface area contributed by atoms with Crippen LogP contribution in [0, 0.1) is 19.3 Å². The number of aliphatic imine (C=N–C) groups is 2. The third-order valence-electron chi connectivity index (χ3n) is 9.89. The second-order valence-corrected chi connectivity index (χ2v) is 18.5. The first kappa shape index (κ1) is 43.2. The van der Waals surface area contributed by atoms with Gasteiger partial charge in [0.1, 0.15) is 42.8 Å². The van der Waals surface area contributed by atoms with Crippen LogP contribution in [0.5, 0.6) is 0 Å². The van der Waals surface area contributed by atoms with E-state index in [1.165, 1.54) is 38.1 Å². The highest BCUT2D eigenvalue weighted by Crippen LogP contribution is 2.40. The Kier molecular flexibility index (Phi) is 13.0. The highest BCUT2D eigenvalue weighted by molar-refractivity contribution is 7.89. The molecule has 14 nitrogen and oxygen atoms in total. The van der Waals surface area contributed by atoms with Gasteiger partial charge in [-0.2, -0.15) is 9.44 Å². The van der Waals surface area contributed by atoms with E-state index < -0.39 is 73.8 Å². The number of rotatable bonds is 16. The van der Waals surface area contributed by atoms with Gasteiger partial charge in [-0.3, -0.25) is 9.59 Å². The summed E-state index contributed by atoms with van der Waals surface area (Å²) in [5.41, 5.74) is 2.24. The van der Waals surface area contributed by atoms with E-state index in [0.717, 1.165) is 22.3 Å². The lowest BCUT2D eigenvalue weighted by Crippen LogP contribution is -2.40. The van der Waals surface area contributed by atoms with Crippen molar-refractivity contribution in [3.63, 3.8) is 0 Å². The summed E-state index contributed by atoms with van der Waals surface area (Å²) in [6.45, 7) is 9.69. The molecule has 6 rings (SSSR count). The Hall–Kier alpha value is -5.42. The lowest BCUT2D eigenvalue weighted by molar-refractivity contribution is -0.147. The van der Waals surface area contributed by atoms with Gasteiger partial charge in [0.05, 0.1) is 9.79 Å². The number of benzene rings is 4. The molecular weight excluding hydrogens is 797 g/mol. The average molecular weight is 845 g/mol. The summed E-state index contributed by atoms with van der Waals surface area (Å²) in [6.07, 6.45) is -1.35. The van der Waals surface area contributed by atoms with Gasteiger partial charge in [-0.05, 0) is 76.9 Å². The number of aryl methyl sites for hydroxylation is 2. The molecule has 0 saturated carbocycles. The molecule has 0 bridgehead atoms. The maximum atomic E-state index is 13.1. The summed E-state index contributed by atoms with van der Waals surface area (Å²) < 4.78 is 80.9. The molecule has 312 valence electrons. The standard InChI is InChI=1S/C43H48N4O10S2/c1-27-17-21-33(22-18-27)58(50,51)46-29(3)39(48)54-25-35-37(31-13-9-7-10-14-31)56-41(44-35)43(5,6)42-45-36(38(57-42)32-15-11-8-12-16-32)26-55-40(49)30(4)47-59(52,53)34-23-19-28(2)20-24-34/h7-24,29-30,35-38,46-47H,25-26H2,1-6H3/t29-,30-,35-,36-,37-,38-/m0/s1. The summed E-state index contributed by atoms with van der Waals surface area (Å²) in [6, 6.07) is 27.3. The summed E-state index contributed by atoms with van der Waals surface area (Å²) in [5.74, 6) is -1.08. The van der Waals surface area contributed by atoms with Gasteiger partial charge in [-0.1, -0.05) is 96.1 Å². The lowest BCUT2D eigenvalue weighted by atomic mass is 9.93. The van der Waals surface area contributed by atoms with E-state index in [1.54, 1.807) is 24.3 Å². The van der Waals surface area contributed by atoms with E-state index in [0.29, 0.717) is 0 Å². The molecule has 6 atom stereocenters. The minimum absolute atomic E-state index is 0.0235. The number of nitrogens with one attached hydrogen (secondary N) is 2. The van der Waals surface area contributed by atoms with Crippen LogP contribution in [0.25, 0.3) is 0 Å². The zero-order valence-electron chi connectivity index (χ0n) is 33.6. The second-order valence-electron chi connectivity index (χ2n) is 15.1. The molecule has 0 radical (unpaired) electrons. The first-order chi connectivity index (χ1) is 27.9. The van der Waals surface area contributed by atoms with Crippen molar-refractivity contribution in [3.05, 3.63) is 131 Å². The molecule has 4 aromatic carbocycles. The lowest BCUT2D eigenvalue weighted by Gasteiger charge is -2.26. The van der Waals surface area contributed by atoms with Crippen LogP contribution in [-0.2, 0) is 48.6 Å². The molecule has 2 N–H and O–H groups in total. The van der Waals surface area contributed by atoms with Crippen molar-refractivity contribution in [2.45, 2.75) is 87.7 Å². The van der Waals surface area contributed by atoms with Gasteiger partial charge in [0.25, 0.3) is 0 Å². The van der Waals surface area contributed by atoms with Crippen LogP contribution in [0.2, 0.25) is 0 Å². The molecule has 2 heterocycles. The highest BCUT2D eigenvalue weighted by atomic mass is 32.2. The Morgan fingerprint density at radius 3 is 1.29 bits per heavy atom. The van der Waals surface area contributed by atoms with E-state index in [4.69, 9.17) is 28.9 Å². The maximum Gasteiger partial charge on any atom is 0.323 e. The fraction of sp³-hybridized carbons (Fsp3) is 0.349. The van der Waals surface area contributed by atoms with E-state index in [1.807, 2.05) is 88.4 Å². The molecule has 0 amide bonds. The van der Waals surface area contributed by atoms with Crippen LogP contribution < -0.4 is 9.44 Å². The number of sulfonamides is 2. The zero-order valence-corrected chi connectivity index (χ0v) is 35.2. The predicted molar refractivity (Wildman–Crippen MR) is 221 cm³/mol. The quantitative estimate of drug-likeness (QED) is 0.136. The van der Waals surface area contributed by atoms with Crippen molar-refractivity contribution in [1.29, 1.82) is 0 Å². The number of carbonyl (C=O) groups is 2. The van der Waals surface area contributed by atoms with Gasteiger partial charge in [0, 0.05) is 0 Å². The third kappa shape index (κ3) is 10.2. The second kappa shape index (κ2) is 17.8. The normalized spacial score (nSPS) is 20.4. The van der Waals surface area contributed by atoms with Gasteiger partial charge >= 0.3 is 11.9 Å². The fourth-order valence-electron chi connectivity index (χ4n) is 6.44. The Morgan fingerprint density at radius 1 is 0.610 bits per heavy atom. The van der Waals surface area contributed by atoms with Crippen molar-refractivity contribution < 1.29 is 45.4 Å². The predicted octanol–water partition coefficient (Wildman–Crippen LogP) is 5.53. The molecule has 0 saturated heterocycles. The van der Waals surface area contributed by atoms with Crippen molar-refractivity contribution in [3.8, 4) is 0 Å². The molecule has 2 aliphatic rings. The summed E-state index contributed by atoms with van der Waals surface area (Å²) in [5, 5.41) is 0. The zero-order chi connectivity index (χ0) is 42.5. The molecule has 0 fully saturated rings. The van der Waals surface area contributed by atoms with Gasteiger partial charge in [0.2, 0.25) is 20.0 Å². The Balaban J connectivity index is 1.17. The van der Waals surface area contributed by atoms with Crippen LogP contribution in [0.15, 0.2) is 129 Å².